The van der Waals surface area contributed by atoms with E-state index in [0.717, 1.165) is 37.1 Å². The van der Waals surface area contributed by atoms with E-state index in [1.807, 2.05) is 31.2 Å². The number of hydrogen-bond donors (Lipinski definition) is 1. The van der Waals surface area contributed by atoms with Gasteiger partial charge in [0, 0.05) is 17.2 Å². The third kappa shape index (κ3) is 5.63. The number of rotatable bonds is 7. The fraction of sp³-hybridized carbons (Fsp3) is 0.360. The lowest BCUT2D eigenvalue weighted by Crippen LogP contribution is -2.37. The lowest BCUT2D eigenvalue weighted by atomic mass is 9.96. The Morgan fingerprint density at radius 1 is 1.21 bits per heavy atom. The molecule has 34 heavy (non-hydrogen) atoms. The van der Waals surface area contributed by atoms with Gasteiger partial charge < -0.3 is 14.6 Å². The minimum absolute atomic E-state index is 0.0563. The lowest BCUT2D eigenvalue weighted by Gasteiger charge is -2.30. The van der Waals surface area contributed by atoms with Crippen molar-refractivity contribution < 1.29 is 18.8 Å². The summed E-state index contributed by atoms with van der Waals surface area (Å²) >= 11 is 6.20. The third-order valence-corrected chi connectivity index (χ3v) is 6.22. The highest BCUT2D eigenvalue weighted by atomic mass is 35.5. The average molecular weight is 483 g/mol. The highest BCUT2D eigenvalue weighted by Gasteiger charge is 2.26. The summed E-state index contributed by atoms with van der Waals surface area (Å²) in [5, 5.41) is 7.27. The predicted molar refractivity (Wildman–Crippen MR) is 129 cm³/mol. The molecule has 0 aliphatic carbocycles. The molecule has 4 rings (SSSR count). The zero-order chi connectivity index (χ0) is 24.1. The van der Waals surface area contributed by atoms with Crippen molar-refractivity contribution in [2.75, 3.05) is 25.0 Å². The highest BCUT2D eigenvalue weighted by Crippen LogP contribution is 2.25. The lowest BCUT2D eigenvalue weighted by molar-refractivity contribution is -0.121. The second kappa shape index (κ2) is 10.8. The number of halogens is 1. The second-order valence-electron chi connectivity index (χ2n) is 8.28. The van der Waals surface area contributed by atoms with Crippen LogP contribution in [0, 0.1) is 12.8 Å². The van der Waals surface area contributed by atoms with Gasteiger partial charge in [-0.15, -0.1) is 0 Å². The zero-order valence-corrected chi connectivity index (χ0v) is 20.0. The molecule has 1 N–H and O–H groups in total. The van der Waals surface area contributed by atoms with Crippen LogP contribution < -0.4 is 5.32 Å². The molecule has 0 bridgehead atoms. The van der Waals surface area contributed by atoms with Crippen molar-refractivity contribution in [3.05, 3.63) is 64.5 Å². The van der Waals surface area contributed by atoms with Gasteiger partial charge in [-0.05, 0) is 63.5 Å². The van der Waals surface area contributed by atoms with Gasteiger partial charge in [-0.3, -0.25) is 9.69 Å². The number of carbonyl (C=O) groups excluding carboxylic acids is 2. The zero-order valence-electron chi connectivity index (χ0n) is 19.2. The predicted octanol–water partition coefficient (Wildman–Crippen LogP) is 4.73. The first-order valence-corrected chi connectivity index (χ1v) is 11.7. The van der Waals surface area contributed by atoms with E-state index in [1.165, 1.54) is 0 Å². The first-order valence-electron chi connectivity index (χ1n) is 11.3. The molecule has 9 heteroatoms. The van der Waals surface area contributed by atoms with Crippen LogP contribution in [-0.2, 0) is 16.1 Å². The smallest absolute Gasteiger partial charge is 0.339 e. The van der Waals surface area contributed by atoms with Crippen molar-refractivity contribution >= 4 is 29.2 Å². The molecule has 0 unspecified atom stereocenters. The first-order chi connectivity index (χ1) is 16.4. The molecule has 2 aromatic carbocycles. The second-order valence-corrected chi connectivity index (χ2v) is 8.69. The summed E-state index contributed by atoms with van der Waals surface area (Å²) in [5.74, 6) is 0.515. The maximum absolute atomic E-state index is 12.8. The van der Waals surface area contributed by atoms with Crippen molar-refractivity contribution in [3.63, 3.8) is 0 Å². The molecule has 1 saturated heterocycles. The van der Waals surface area contributed by atoms with Gasteiger partial charge in [0.05, 0.1) is 23.7 Å². The van der Waals surface area contributed by atoms with Crippen LogP contribution in [0.4, 0.5) is 5.69 Å². The molecule has 1 aliphatic rings. The summed E-state index contributed by atoms with van der Waals surface area (Å²) in [6, 6.07) is 12.7. The number of hydrogen-bond acceptors (Lipinski definition) is 7. The summed E-state index contributed by atoms with van der Waals surface area (Å²) < 4.78 is 10.4. The molecule has 0 radical (unpaired) electrons. The number of amides is 1. The minimum Gasteiger partial charge on any atom is -0.462 e. The molecular formula is C25H27ClN4O4. The Bertz CT molecular complexity index is 1170. The van der Waals surface area contributed by atoms with Crippen LogP contribution in [0.3, 0.4) is 0 Å². The summed E-state index contributed by atoms with van der Waals surface area (Å²) in [6.07, 6.45) is 1.44. The molecule has 2 heterocycles. The molecule has 1 aromatic heterocycles. The number of aromatic nitrogens is 2. The van der Waals surface area contributed by atoms with Gasteiger partial charge in [-0.2, -0.15) is 4.98 Å². The van der Waals surface area contributed by atoms with Gasteiger partial charge in [-0.1, -0.05) is 41.0 Å². The Balaban J connectivity index is 1.29. The van der Waals surface area contributed by atoms with Gasteiger partial charge in [0.2, 0.25) is 17.6 Å². The Hall–Kier alpha value is -3.23. The molecule has 3 aromatic rings. The number of ether oxygens (including phenoxy) is 1. The Morgan fingerprint density at radius 3 is 2.68 bits per heavy atom. The van der Waals surface area contributed by atoms with E-state index in [-0.39, 0.29) is 29.0 Å². The fourth-order valence-corrected chi connectivity index (χ4v) is 4.27. The molecular weight excluding hydrogens is 456 g/mol. The van der Waals surface area contributed by atoms with Crippen molar-refractivity contribution in [3.8, 4) is 11.4 Å². The van der Waals surface area contributed by atoms with Crippen molar-refractivity contribution in [2.24, 2.45) is 5.92 Å². The van der Waals surface area contributed by atoms with Crippen molar-refractivity contribution in [2.45, 2.75) is 33.2 Å². The number of aryl methyl sites for hydroxylation is 1. The molecule has 0 atom stereocenters. The fourth-order valence-electron chi connectivity index (χ4n) is 4.01. The quantitative estimate of drug-likeness (QED) is 0.486. The molecule has 0 saturated carbocycles. The topological polar surface area (TPSA) is 97.6 Å². The van der Waals surface area contributed by atoms with Crippen LogP contribution in [0.15, 0.2) is 47.0 Å². The SMILES string of the molecule is CCOC(=O)c1ccc(NC(=O)C2CCN(Cc3nc(-c4ccccc4C)no3)CC2)cc1Cl. The van der Waals surface area contributed by atoms with E-state index in [2.05, 4.69) is 20.4 Å². The largest absolute Gasteiger partial charge is 0.462 e. The summed E-state index contributed by atoms with van der Waals surface area (Å²) in [7, 11) is 0. The van der Waals surface area contributed by atoms with E-state index < -0.39 is 5.97 Å². The third-order valence-electron chi connectivity index (χ3n) is 5.90. The number of nitrogens with zero attached hydrogens (tertiary/aromatic N) is 3. The standard InChI is InChI=1S/C25H27ClN4O4/c1-3-33-25(32)20-9-8-18(14-21(20)26)27-24(31)17-10-12-30(13-11-17)15-22-28-23(29-34-22)19-7-5-4-6-16(19)2/h4-9,14,17H,3,10-13,15H2,1-2H3,(H,27,31). The Labute approximate surface area is 203 Å². The molecule has 8 nitrogen and oxygen atoms in total. The maximum Gasteiger partial charge on any atom is 0.339 e. The van der Waals surface area contributed by atoms with Crippen LogP contribution in [0.1, 0.15) is 41.6 Å². The van der Waals surface area contributed by atoms with E-state index in [4.69, 9.17) is 20.9 Å². The van der Waals surface area contributed by atoms with E-state index in [1.54, 1.807) is 25.1 Å². The summed E-state index contributed by atoms with van der Waals surface area (Å²) in [5.41, 5.74) is 2.89. The number of piperidine rings is 1. The first kappa shape index (κ1) is 23.9. The number of likely N-dealkylation sites (tertiary alicyclic amines) is 1. The van der Waals surface area contributed by atoms with Crippen LogP contribution in [0.5, 0.6) is 0 Å². The van der Waals surface area contributed by atoms with Gasteiger partial charge >= 0.3 is 5.97 Å². The minimum atomic E-state index is -0.481. The molecule has 0 spiro atoms. The van der Waals surface area contributed by atoms with Crippen molar-refractivity contribution in [1.29, 1.82) is 0 Å². The summed E-state index contributed by atoms with van der Waals surface area (Å²) in [4.78, 5) is 31.4. The number of esters is 1. The monoisotopic (exact) mass is 482 g/mol. The maximum atomic E-state index is 12.8. The Morgan fingerprint density at radius 2 is 1.97 bits per heavy atom. The van der Waals surface area contributed by atoms with Crippen LogP contribution >= 0.6 is 11.6 Å². The molecule has 178 valence electrons. The van der Waals surface area contributed by atoms with E-state index in [9.17, 15) is 9.59 Å². The summed E-state index contributed by atoms with van der Waals surface area (Å²) in [6.45, 7) is 6.08. The normalized spacial score (nSPS) is 14.7. The molecule has 1 amide bonds. The molecule has 1 fully saturated rings. The van der Waals surface area contributed by atoms with Crippen LogP contribution in [0.25, 0.3) is 11.4 Å². The van der Waals surface area contributed by atoms with E-state index in [0.29, 0.717) is 23.9 Å². The average Bonchev–Trinajstić information content (AvgIpc) is 3.28. The van der Waals surface area contributed by atoms with Gasteiger partial charge in [0.1, 0.15) is 0 Å². The van der Waals surface area contributed by atoms with Gasteiger partial charge in [0.15, 0.2) is 0 Å². The number of carbonyl (C=O) groups is 2. The number of nitrogens with one attached hydrogen (secondary N) is 1. The van der Waals surface area contributed by atoms with Crippen LogP contribution in [0.2, 0.25) is 5.02 Å². The van der Waals surface area contributed by atoms with Crippen molar-refractivity contribution in [1.82, 2.24) is 15.0 Å². The van der Waals surface area contributed by atoms with Crippen LogP contribution in [-0.4, -0.2) is 46.6 Å². The number of benzene rings is 2. The van der Waals surface area contributed by atoms with Gasteiger partial charge in [0.25, 0.3) is 0 Å². The Kier molecular flexibility index (Phi) is 7.59. The number of anilines is 1. The van der Waals surface area contributed by atoms with Gasteiger partial charge in [-0.25, -0.2) is 4.79 Å². The van der Waals surface area contributed by atoms with E-state index >= 15 is 0 Å². The molecule has 1 aliphatic heterocycles. The highest BCUT2D eigenvalue weighted by molar-refractivity contribution is 6.34.